The van der Waals surface area contributed by atoms with Crippen LogP contribution in [0.15, 0.2) is 10.8 Å². The van der Waals surface area contributed by atoms with Gasteiger partial charge in [0.15, 0.2) is 5.69 Å². The Hall–Kier alpha value is -1.36. The summed E-state index contributed by atoms with van der Waals surface area (Å²) in [4.78, 5) is 13.7. The summed E-state index contributed by atoms with van der Waals surface area (Å²) in [5.74, 6) is -0.0557. The van der Waals surface area contributed by atoms with Gasteiger partial charge < -0.3 is 14.2 Å². The fourth-order valence-electron chi connectivity index (χ4n) is 2.10. The third-order valence-electron chi connectivity index (χ3n) is 2.87. The molecule has 2 rings (SSSR count). The zero-order valence-electron chi connectivity index (χ0n) is 9.82. The van der Waals surface area contributed by atoms with Crippen molar-refractivity contribution in [3.05, 3.63) is 17.5 Å². The van der Waals surface area contributed by atoms with Gasteiger partial charge in [0.1, 0.15) is 6.26 Å². The normalized spacial score (nSPS) is 18.3. The molecule has 0 aromatic carbocycles. The Kier molecular flexibility index (Phi) is 2.71. The quantitative estimate of drug-likeness (QED) is 0.771. The minimum Gasteiger partial charge on any atom is -0.384 e. The molecule has 0 radical (unpaired) electrons. The molecule has 0 atom stereocenters. The van der Waals surface area contributed by atoms with Gasteiger partial charge in [0.05, 0.1) is 6.61 Å². The number of carbonyl (C=O) groups is 1. The van der Waals surface area contributed by atoms with E-state index in [1.54, 1.807) is 12.0 Å². The Morgan fingerprint density at radius 3 is 2.88 bits per heavy atom. The van der Waals surface area contributed by atoms with E-state index in [2.05, 4.69) is 12.1 Å². The van der Waals surface area contributed by atoms with Gasteiger partial charge in [-0.15, -0.1) is 0 Å². The molecule has 1 aliphatic heterocycles. The molecule has 0 bridgehead atoms. The molecule has 0 N–H and O–H groups in total. The lowest BCUT2D eigenvalue weighted by atomic mass is 9.82. The number of rotatable bonds is 3. The van der Waals surface area contributed by atoms with Crippen LogP contribution in [-0.4, -0.2) is 42.8 Å². The molecule has 1 amide bonds. The van der Waals surface area contributed by atoms with Gasteiger partial charge in [-0.25, -0.2) is 0 Å². The number of likely N-dealkylation sites (tertiary alicyclic amines) is 1. The van der Waals surface area contributed by atoms with Crippen molar-refractivity contribution in [2.75, 3.05) is 26.8 Å². The van der Waals surface area contributed by atoms with Crippen LogP contribution in [-0.2, 0) is 4.74 Å². The summed E-state index contributed by atoms with van der Waals surface area (Å²) in [6.45, 7) is 6.03. The second-order valence-corrected chi connectivity index (χ2v) is 4.75. The summed E-state index contributed by atoms with van der Waals surface area (Å²) >= 11 is 0. The van der Waals surface area contributed by atoms with E-state index >= 15 is 0 Å². The summed E-state index contributed by atoms with van der Waals surface area (Å²) in [7, 11) is 1.68. The molecule has 0 saturated carbocycles. The molecule has 0 spiro atoms. The van der Waals surface area contributed by atoms with Crippen molar-refractivity contribution in [2.45, 2.75) is 13.8 Å². The van der Waals surface area contributed by atoms with E-state index in [1.807, 2.05) is 6.92 Å². The lowest BCUT2D eigenvalue weighted by Crippen LogP contribution is -2.59. The summed E-state index contributed by atoms with van der Waals surface area (Å²) in [6, 6.07) is 0. The van der Waals surface area contributed by atoms with E-state index in [0.29, 0.717) is 25.4 Å². The second-order valence-electron chi connectivity index (χ2n) is 4.75. The fraction of sp³-hybridized carbons (Fsp3) is 0.636. The van der Waals surface area contributed by atoms with Gasteiger partial charge in [-0.05, 0) is 6.92 Å². The molecule has 0 aliphatic carbocycles. The maximum Gasteiger partial charge on any atom is 0.276 e. The third-order valence-corrected chi connectivity index (χ3v) is 2.87. The number of hydrogen-bond donors (Lipinski definition) is 0. The summed E-state index contributed by atoms with van der Waals surface area (Å²) in [5.41, 5.74) is 1.28. The smallest absolute Gasteiger partial charge is 0.276 e. The number of methoxy groups -OCH3 is 1. The van der Waals surface area contributed by atoms with Crippen LogP contribution in [0.25, 0.3) is 0 Å². The lowest BCUT2D eigenvalue weighted by molar-refractivity contribution is -0.0284. The van der Waals surface area contributed by atoms with Crippen molar-refractivity contribution in [1.29, 1.82) is 0 Å². The molecule has 16 heavy (non-hydrogen) atoms. The van der Waals surface area contributed by atoms with Crippen molar-refractivity contribution < 1.29 is 14.1 Å². The number of ether oxygens (including phenoxy) is 1. The van der Waals surface area contributed by atoms with Crippen LogP contribution in [0, 0.1) is 12.3 Å². The van der Waals surface area contributed by atoms with Crippen LogP contribution in [0.5, 0.6) is 0 Å². The standard InChI is InChI=1S/C11H16N2O3/c1-8-4-16-12-9(8)10(14)13-5-11(2,6-13)7-15-3/h4H,5-7H2,1-3H3. The Labute approximate surface area is 94.3 Å². The molecular weight excluding hydrogens is 208 g/mol. The van der Waals surface area contributed by atoms with Gasteiger partial charge >= 0.3 is 0 Å². The van der Waals surface area contributed by atoms with Crippen LogP contribution >= 0.6 is 0 Å². The molecule has 5 nitrogen and oxygen atoms in total. The van der Waals surface area contributed by atoms with Crippen LogP contribution in [0.2, 0.25) is 0 Å². The van der Waals surface area contributed by atoms with Crippen LogP contribution < -0.4 is 0 Å². The molecule has 1 aromatic heterocycles. The average molecular weight is 224 g/mol. The third kappa shape index (κ3) is 1.82. The first-order chi connectivity index (χ1) is 7.56. The molecule has 0 unspecified atom stereocenters. The second kappa shape index (κ2) is 3.90. The first-order valence-corrected chi connectivity index (χ1v) is 5.25. The highest BCUT2D eigenvalue weighted by molar-refractivity contribution is 5.94. The van der Waals surface area contributed by atoms with Crippen LogP contribution in [0.3, 0.4) is 0 Å². The van der Waals surface area contributed by atoms with Crippen molar-refractivity contribution in [1.82, 2.24) is 10.1 Å². The molecule has 5 heteroatoms. The highest BCUT2D eigenvalue weighted by atomic mass is 16.5. The molecule has 1 fully saturated rings. The van der Waals surface area contributed by atoms with Gasteiger partial charge in [0, 0.05) is 31.2 Å². The fourth-order valence-corrected chi connectivity index (χ4v) is 2.10. The van der Waals surface area contributed by atoms with Gasteiger partial charge in [-0.2, -0.15) is 0 Å². The van der Waals surface area contributed by atoms with E-state index in [4.69, 9.17) is 9.26 Å². The van der Waals surface area contributed by atoms with Gasteiger partial charge in [0.2, 0.25) is 0 Å². The first kappa shape index (κ1) is 11.1. The predicted molar refractivity (Wildman–Crippen MR) is 57.1 cm³/mol. The maximum absolute atomic E-state index is 12.0. The van der Waals surface area contributed by atoms with Crippen molar-refractivity contribution >= 4 is 5.91 Å². The number of carbonyl (C=O) groups excluding carboxylic acids is 1. The highest BCUT2D eigenvalue weighted by Crippen LogP contribution is 2.31. The summed E-state index contributed by atoms with van der Waals surface area (Å²) in [6.07, 6.45) is 1.49. The van der Waals surface area contributed by atoms with E-state index < -0.39 is 0 Å². The number of hydrogen-bond acceptors (Lipinski definition) is 4. The number of aromatic nitrogens is 1. The largest absolute Gasteiger partial charge is 0.384 e. The maximum atomic E-state index is 12.0. The first-order valence-electron chi connectivity index (χ1n) is 5.25. The molecule has 88 valence electrons. The summed E-state index contributed by atoms with van der Waals surface area (Å²) < 4.78 is 9.88. The van der Waals surface area contributed by atoms with Crippen molar-refractivity contribution in [3.63, 3.8) is 0 Å². The monoisotopic (exact) mass is 224 g/mol. The molecule has 1 aromatic rings. The molecule has 1 aliphatic rings. The van der Waals surface area contributed by atoms with E-state index in [-0.39, 0.29) is 11.3 Å². The molecule has 2 heterocycles. The van der Waals surface area contributed by atoms with Gasteiger partial charge in [-0.3, -0.25) is 4.79 Å². The van der Waals surface area contributed by atoms with E-state index in [9.17, 15) is 4.79 Å². The van der Waals surface area contributed by atoms with Crippen molar-refractivity contribution in [3.8, 4) is 0 Å². The average Bonchev–Trinajstić information content (AvgIpc) is 2.60. The number of amides is 1. The zero-order valence-corrected chi connectivity index (χ0v) is 9.82. The Morgan fingerprint density at radius 1 is 1.69 bits per heavy atom. The lowest BCUT2D eigenvalue weighted by Gasteiger charge is -2.47. The predicted octanol–water partition coefficient (Wildman–Crippen LogP) is 1.09. The van der Waals surface area contributed by atoms with Crippen LogP contribution in [0.1, 0.15) is 23.0 Å². The summed E-state index contributed by atoms with van der Waals surface area (Å²) in [5, 5.41) is 3.71. The minimum absolute atomic E-state index is 0.0557. The highest BCUT2D eigenvalue weighted by Gasteiger charge is 2.42. The van der Waals surface area contributed by atoms with Gasteiger partial charge in [-0.1, -0.05) is 12.1 Å². The SMILES string of the molecule is COCC1(C)CN(C(=O)c2nocc2C)C1. The van der Waals surface area contributed by atoms with Gasteiger partial charge in [0.25, 0.3) is 5.91 Å². The Bertz CT molecular complexity index is 394. The zero-order chi connectivity index (χ0) is 11.8. The Balaban J connectivity index is 1.98. The topological polar surface area (TPSA) is 55.6 Å². The number of aryl methyl sites for hydroxylation is 1. The van der Waals surface area contributed by atoms with E-state index in [0.717, 1.165) is 5.56 Å². The van der Waals surface area contributed by atoms with E-state index in [1.165, 1.54) is 6.26 Å². The minimum atomic E-state index is -0.0557. The van der Waals surface area contributed by atoms with Crippen molar-refractivity contribution in [2.24, 2.45) is 5.41 Å². The number of nitrogens with zero attached hydrogens (tertiary/aromatic N) is 2. The van der Waals surface area contributed by atoms with Crippen LogP contribution in [0.4, 0.5) is 0 Å². The molecule has 1 saturated heterocycles. The molecular formula is C11H16N2O3. The Morgan fingerprint density at radius 2 is 2.38 bits per heavy atom.